The van der Waals surface area contributed by atoms with Crippen LogP contribution in [0.2, 0.25) is 0 Å². The van der Waals surface area contributed by atoms with Crippen molar-refractivity contribution in [1.29, 1.82) is 0 Å². The molecule has 1 atom stereocenters. The summed E-state index contributed by atoms with van der Waals surface area (Å²) < 4.78 is 5.19. The van der Waals surface area contributed by atoms with Crippen LogP contribution in [0.3, 0.4) is 0 Å². The van der Waals surface area contributed by atoms with Crippen molar-refractivity contribution in [1.82, 2.24) is 4.90 Å². The van der Waals surface area contributed by atoms with Crippen molar-refractivity contribution in [3.63, 3.8) is 0 Å². The SMILES string of the molecule is COc1ccc(C2(C(=O)N3CCC(C)(C(=O)O)C3)CCC2)cc1. The monoisotopic (exact) mass is 317 g/mol. The van der Waals surface area contributed by atoms with Gasteiger partial charge in [-0.1, -0.05) is 18.6 Å². The van der Waals surface area contributed by atoms with Gasteiger partial charge >= 0.3 is 5.97 Å². The minimum absolute atomic E-state index is 0.0823. The molecule has 3 rings (SSSR count). The average Bonchev–Trinajstić information content (AvgIpc) is 2.91. The first kappa shape index (κ1) is 15.8. The summed E-state index contributed by atoms with van der Waals surface area (Å²) >= 11 is 0. The molecule has 1 aromatic rings. The number of nitrogens with zero attached hydrogens (tertiary/aromatic N) is 1. The molecule has 1 saturated carbocycles. The maximum absolute atomic E-state index is 13.1. The number of ether oxygens (including phenoxy) is 1. The zero-order valence-corrected chi connectivity index (χ0v) is 13.7. The molecule has 0 spiro atoms. The van der Waals surface area contributed by atoms with Crippen LogP contribution >= 0.6 is 0 Å². The molecular formula is C18H23NO4. The molecule has 1 aliphatic carbocycles. The van der Waals surface area contributed by atoms with Crippen molar-refractivity contribution in [2.45, 2.75) is 38.0 Å². The molecule has 5 heteroatoms. The van der Waals surface area contributed by atoms with Gasteiger partial charge in [-0.15, -0.1) is 0 Å². The standard InChI is InChI=1S/C18H23NO4/c1-17(16(21)22)10-11-19(12-17)15(20)18(8-3-9-18)13-4-6-14(23-2)7-5-13/h4-7H,3,8-12H2,1-2H3,(H,21,22). The Morgan fingerprint density at radius 3 is 2.26 bits per heavy atom. The van der Waals surface area contributed by atoms with Crippen LogP contribution in [0.4, 0.5) is 0 Å². The molecule has 2 aliphatic rings. The van der Waals surface area contributed by atoms with Gasteiger partial charge in [-0.2, -0.15) is 0 Å². The zero-order valence-electron chi connectivity index (χ0n) is 13.7. The summed E-state index contributed by atoms with van der Waals surface area (Å²) in [6.45, 7) is 2.56. The number of methoxy groups -OCH3 is 1. The van der Waals surface area contributed by atoms with Crippen LogP contribution in [0, 0.1) is 5.41 Å². The second kappa shape index (κ2) is 5.55. The quantitative estimate of drug-likeness (QED) is 0.926. The van der Waals surface area contributed by atoms with Gasteiger partial charge in [-0.25, -0.2) is 0 Å². The molecule has 0 bridgehead atoms. The summed E-state index contributed by atoms with van der Waals surface area (Å²) in [4.78, 5) is 26.3. The molecule has 1 heterocycles. The van der Waals surface area contributed by atoms with E-state index in [2.05, 4.69) is 0 Å². The van der Waals surface area contributed by atoms with Crippen LogP contribution in [-0.2, 0) is 15.0 Å². The van der Waals surface area contributed by atoms with Crippen molar-refractivity contribution >= 4 is 11.9 Å². The van der Waals surface area contributed by atoms with Gasteiger partial charge in [-0.3, -0.25) is 9.59 Å². The van der Waals surface area contributed by atoms with Crippen LogP contribution in [0.5, 0.6) is 5.75 Å². The molecule has 1 unspecified atom stereocenters. The van der Waals surface area contributed by atoms with Gasteiger partial charge in [0, 0.05) is 13.1 Å². The number of carboxylic acids is 1. The Morgan fingerprint density at radius 2 is 1.83 bits per heavy atom. The van der Waals surface area contributed by atoms with E-state index in [1.165, 1.54) is 0 Å². The molecule has 1 N–H and O–H groups in total. The van der Waals surface area contributed by atoms with Gasteiger partial charge in [0.1, 0.15) is 5.75 Å². The highest BCUT2D eigenvalue weighted by atomic mass is 16.5. The third-order valence-electron chi connectivity index (χ3n) is 5.54. The van der Waals surface area contributed by atoms with E-state index < -0.39 is 16.8 Å². The molecule has 1 amide bonds. The second-order valence-corrected chi connectivity index (χ2v) is 7.01. The fourth-order valence-corrected chi connectivity index (χ4v) is 3.68. The Balaban J connectivity index is 1.83. The predicted molar refractivity (Wildman–Crippen MR) is 85.5 cm³/mol. The number of aliphatic carboxylic acids is 1. The van der Waals surface area contributed by atoms with Crippen molar-refractivity contribution in [3.05, 3.63) is 29.8 Å². The maximum atomic E-state index is 13.1. The lowest BCUT2D eigenvalue weighted by Crippen LogP contribution is -2.51. The van der Waals surface area contributed by atoms with E-state index in [-0.39, 0.29) is 5.91 Å². The lowest BCUT2D eigenvalue weighted by Gasteiger charge is -2.43. The summed E-state index contributed by atoms with van der Waals surface area (Å²) in [5.41, 5.74) is -0.283. The minimum Gasteiger partial charge on any atom is -0.497 e. The first-order valence-corrected chi connectivity index (χ1v) is 8.09. The van der Waals surface area contributed by atoms with Crippen molar-refractivity contribution in [2.75, 3.05) is 20.2 Å². The van der Waals surface area contributed by atoms with E-state index in [9.17, 15) is 14.7 Å². The van der Waals surface area contributed by atoms with Crippen LogP contribution in [0.25, 0.3) is 0 Å². The third-order valence-corrected chi connectivity index (χ3v) is 5.54. The predicted octanol–water partition coefficient (Wildman–Crippen LogP) is 2.44. The number of carbonyl (C=O) groups is 2. The highest BCUT2D eigenvalue weighted by Gasteiger charge is 2.51. The Labute approximate surface area is 136 Å². The first-order valence-electron chi connectivity index (χ1n) is 8.09. The number of likely N-dealkylation sites (tertiary alicyclic amines) is 1. The Morgan fingerprint density at radius 1 is 1.17 bits per heavy atom. The lowest BCUT2D eigenvalue weighted by molar-refractivity contribution is -0.148. The molecule has 1 aromatic carbocycles. The van der Waals surface area contributed by atoms with Gasteiger partial charge in [-0.05, 0) is 43.9 Å². The topological polar surface area (TPSA) is 66.8 Å². The molecule has 0 radical (unpaired) electrons. The number of amides is 1. The van der Waals surface area contributed by atoms with E-state index in [0.29, 0.717) is 19.5 Å². The fraction of sp³-hybridized carbons (Fsp3) is 0.556. The number of carbonyl (C=O) groups excluding carboxylic acids is 1. The first-order chi connectivity index (χ1) is 10.9. The van der Waals surface area contributed by atoms with Crippen molar-refractivity contribution in [2.24, 2.45) is 5.41 Å². The average molecular weight is 317 g/mol. The van der Waals surface area contributed by atoms with Crippen LogP contribution in [-0.4, -0.2) is 42.1 Å². The maximum Gasteiger partial charge on any atom is 0.311 e. The molecule has 1 aliphatic heterocycles. The van der Waals surface area contributed by atoms with Crippen molar-refractivity contribution < 1.29 is 19.4 Å². The fourth-order valence-electron chi connectivity index (χ4n) is 3.68. The molecule has 23 heavy (non-hydrogen) atoms. The van der Waals surface area contributed by atoms with E-state index in [1.54, 1.807) is 18.9 Å². The highest BCUT2D eigenvalue weighted by molar-refractivity contribution is 5.90. The summed E-state index contributed by atoms with van der Waals surface area (Å²) in [6, 6.07) is 7.69. The number of rotatable bonds is 4. The number of benzene rings is 1. The Bertz CT molecular complexity index is 620. The lowest BCUT2D eigenvalue weighted by atomic mass is 9.63. The third kappa shape index (κ3) is 2.48. The van der Waals surface area contributed by atoms with Crippen LogP contribution in [0.15, 0.2) is 24.3 Å². The Kier molecular flexibility index (Phi) is 3.82. The summed E-state index contributed by atoms with van der Waals surface area (Å²) in [5, 5.41) is 9.37. The van der Waals surface area contributed by atoms with Gasteiger partial charge in [0.15, 0.2) is 0 Å². The van der Waals surface area contributed by atoms with E-state index in [1.807, 2.05) is 24.3 Å². The molecule has 0 aromatic heterocycles. The van der Waals surface area contributed by atoms with Crippen LogP contribution in [0.1, 0.15) is 38.2 Å². The smallest absolute Gasteiger partial charge is 0.311 e. The van der Waals surface area contributed by atoms with Gasteiger partial charge in [0.25, 0.3) is 0 Å². The van der Waals surface area contributed by atoms with E-state index >= 15 is 0 Å². The van der Waals surface area contributed by atoms with Crippen LogP contribution < -0.4 is 4.74 Å². The molecule has 5 nitrogen and oxygen atoms in total. The largest absolute Gasteiger partial charge is 0.497 e. The molecule has 1 saturated heterocycles. The molecule has 124 valence electrons. The number of carboxylic acid groups (broad SMARTS) is 1. The van der Waals surface area contributed by atoms with Gasteiger partial charge in [0.2, 0.25) is 5.91 Å². The van der Waals surface area contributed by atoms with Gasteiger partial charge in [0.05, 0.1) is 17.9 Å². The highest BCUT2D eigenvalue weighted by Crippen LogP contribution is 2.47. The zero-order chi connectivity index (χ0) is 16.7. The second-order valence-electron chi connectivity index (χ2n) is 7.01. The number of hydrogen-bond acceptors (Lipinski definition) is 3. The van der Waals surface area contributed by atoms with E-state index in [0.717, 1.165) is 30.6 Å². The molecular weight excluding hydrogens is 294 g/mol. The number of hydrogen-bond donors (Lipinski definition) is 1. The normalized spacial score (nSPS) is 25.7. The van der Waals surface area contributed by atoms with E-state index in [4.69, 9.17) is 4.74 Å². The summed E-state index contributed by atoms with van der Waals surface area (Å²) in [6.07, 6.45) is 3.21. The summed E-state index contributed by atoms with van der Waals surface area (Å²) in [7, 11) is 1.62. The van der Waals surface area contributed by atoms with Crippen molar-refractivity contribution in [3.8, 4) is 5.75 Å². The molecule has 2 fully saturated rings. The summed E-state index contributed by atoms with van der Waals surface area (Å²) in [5.74, 6) is 0.0362. The van der Waals surface area contributed by atoms with Gasteiger partial charge < -0.3 is 14.7 Å². The Hall–Kier alpha value is -2.04. The minimum atomic E-state index is -0.820.